The van der Waals surface area contributed by atoms with E-state index in [9.17, 15) is 9.90 Å². The standard InChI is InChI=1S/C34H41NO3/c1-34(2,3)29-18-17-24(20-25(36)19-23-11-5-4-6-12-23)21-30(29)35-33(37)22-28-26-13-7-9-15-31(26)38-32-16-10-8-14-27(28)32/h7-10,13-18,21,23,25,28,36H,4-6,11-12,19-20,22H2,1-3H3,(H,35,37). The van der Waals surface area contributed by atoms with Gasteiger partial charge in [-0.25, -0.2) is 0 Å². The molecule has 1 atom stereocenters. The first-order valence-corrected chi connectivity index (χ1v) is 14.2. The van der Waals surface area contributed by atoms with Gasteiger partial charge in [0.05, 0.1) is 6.10 Å². The highest BCUT2D eigenvalue weighted by atomic mass is 16.5. The van der Waals surface area contributed by atoms with Crippen molar-refractivity contribution in [1.82, 2.24) is 0 Å². The number of aliphatic hydroxyl groups is 1. The molecule has 1 saturated carbocycles. The number of carbonyl (C=O) groups is 1. The fraction of sp³-hybridized carbons (Fsp3) is 0.441. The summed E-state index contributed by atoms with van der Waals surface area (Å²) in [5.74, 6) is 2.17. The third kappa shape index (κ3) is 6.13. The van der Waals surface area contributed by atoms with Crippen molar-refractivity contribution in [2.45, 2.75) is 89.6 Å². The molecule has 1 fully saturated rings. The predicted molar refractivity (Wildman–Crippen MR) is 154 cm³/mol. The molecule has 1 heterocycles. The zero-order chi connectivity index (χ0) is 26.7. The number of fused-ring (bicyclic) bond motifs is 2. The number of anilines is 1. The summed E-state index contributed by atoms with van der Waals surface area (Å²) >= 11 is 0. The number of hydrogen-bond donors (Lipinski definition) is 2. The van der Waals surface area contributed by atoms with Crippen LogP contribution < -0.4 is 10.1 Å². The van der Waals surface area contributed by atoms with Gasteiger partial charge in [-0.1, -0.05) is 101 Å². The summed E-state index contributed by atoms with van der Waals surface area (Å²) in [6.45, 7) is 6.50. The zero-order valence-corrected chi connectivity index (χ0v) is 23.0. The van der Waals surface area contributed by atoms with Crippen molar-refractivity contribution in [3.8, 4) is 11.5 Å². The van der Waals surface area contributed by atoms with Crippen molar-refractivity contribution in [3.63, 3.8) is 0 Å². The molecule has 38 heavy (non-hydrogen) atoms. The van der Waals surface area contributed by atoms with Crippen LogP contribution in [0.25, 0.3) is 0 Å². The van der Waals surface area contributed by atoms with Crippen LogP contribution in [-0.2, 0) is 16.6 Å². The summed E-state index contributed by atoms with van der Waals surface area (Å²) in [7, 11) is 0. The van der Waals surface area contributed by atoms with Crippen LogP contribution in [0.5, 0.6) is 11.5 Å². The van der Waals surface area contributed by atoms with Gasteiger partial charge in [0.25, 0.3) is 0 Å². The Morgan fingerprint density at radius 3 is 2.21 bits per heavy atom. The van der Waals surface area contributed by atoms with Crippen LogP contribution in [0.4, 0.5) is 5.69 Å². The number of benzene rings is 3. The van der Waals surface area contributed by atoms with E-state index < -0.39 is 0 Å². The molecule has 0 radical (unpaired) electrons. The summed E-state index contributed by atoms with van der Waals surface area (Å²) in [4.78, 5) is 13.6. The molecule has 5 rings (SSSR count). The Hall–Kier alpha value is -3.11. The molecule has 2 aliphatic rings. The maximum absolute atomic E-state index is 13.6. The average molecular weight is 512 g/mol. The average Bonchev–Trinajstić information content (AvgIpc) is 2.88. The molecular weight excluding hydrogens is 470 g/mol. The van der Waals surface area contributed by atoms with Gasteiger partial charge in [-0.15, -0.1) is 0 Å². The Kier molecular flexibility index (Phi) is 7.90. The number of aliphatic hydroxyl groups excluding tert-OH is 1. The SMILES string of the molecule is CC(C)(C)c1ccc(CC(O)CC2CCCCC2)cc1NC(=O)CC1c2ccccc2Oc2ccccc21. The van der Waals surface area contributed by atoms with Gasteiger partial charge < -0.3 is 15.2 Å². The number of carbonyl (C=O) groups excluding carboxylic acids is 1. The number of ether oxygens (including phenoxy) is 1. The smallest absolute Gasteiger partial charge is 0.225 e. The summed E-state index contributed by atoms with van der Waals surface area (Å²) in [6.07, 6.45) is 7.84. The maximum atomic E-state index is 13.6. The van der Waals surface area contributed by atoms with Crippen molar-refractivity contribution < 1.29 is 14.6 Å². The number of hydrogen-bond acceptors (Lipinski definition) is 3. The monoisotopic (exact) mass is 511 g/mol. The topological polar surface area (TPSA) is 58.6 Å². The van der Waals surface area contributed by atoms with E-state index in [0.717, 1.165) is 45.9 Å². The van der Waals surface area contributed by atoms with E-state index in [-0.39, 0.29) is 23.3 Å². The molecule has 0 aromatic heterocycles. The number of rotatable bonds is 7. The number of nitrogens with one attached hydrogen (secondary N) is 1. The lowest BCUT2D eigenvalue weighted by Gasteiger charge is -2.28. The van der Waals surface area contributed by atoms with Gasteiger partial charge in [-0.3, -0.25) is 4.79 Å². The molecule has 3 aromatic rings. The molecule has 200 valence electrons. The Balaban J connectivity index is 1.35. The van der Waals surface area contributed by atoms with E-state index in [1.165, 1.54) is 32.1 Å². The Morgan fingerprint density at radius 1 is 0.947 bits per heavy atom. The van der Waals surface area contributed by atoms with E-state index in [1.807, 2.05) is 36.4 Å². The predicted octanol–water partition coefficient (Wildman–Crippen LogP) is 8.12. The second-order valence-electron chi connectivity index (χ2n) is 12.2. The van der Waals surface area contributed by atoms with Crippen molar-refractivity contribution in [1.29, 1.82) is 0 Å². The summed E-state index contributed by atoms with van der Waals surface area (Å²) < 4.78 is 6.12. The van der Waals surface area contributed by atoms with Gasteiger partial charge in [-0.2, -0.15) is 0 Å². The molecule has 1 unspecified atom stereocenters. The molecule has 0 spiro atoms. The van der Waals surface area contributed by atoms with Gasteiger partial charge in [-0.05, 0) is 53.5 Å². The molecule has 0 bridgehead atoms. The van der Waals surface area contributed by atoms with Crippen molar-refractivity contribution >= 4 is 11.6 Å². The van der Waals surface area contributed by atoms with Crippen LogP contribution >= 0.6 is 0 Å². The highest BCUT2D eigenvalue weighted by Crippen LogP contribution is 2.45. The number of para-hydroxylation sites is 2. The first-order valence-electron chi connectivity index (χ1n) is 14.2. The van der Waals surface area contributed by atoms with E-state index in [1.54, 1.807) is 0 Å². The lowest BCUT2D eigenvalue weighted by molar-refractivity contribution is -0.116. The van der Waals surface area contributed by atoms with Crippen molar-refractivity contribution in [3.05, 3.63) is 89.0 Å². The van der Waals surface area contributed by atoms with Crippen LogP contribution in [0.1, 0.15) is 93.9 Å². The Labute approximate surface area is 227 Å². The minimum absolute atomic E-state index is 0.0214. The van der Waals surface area contributed by atoms with Gasteiger partial charge in [0, 0.05) is 29.2 Å². The molecule has 1 aliphatic heterocycles. The molecule has 2 N–H and O–H groups in total. The van der Waals surface area contributed by atoms with Crippen molar-refractivity contribution in [2.24, 2.45) is 5.92 Å². The zero-order valence-electron chi connectivity index (χ0n) is 23.0. The first-order chi connectivity index (χ1) is 18.3. The summed E-state index contributed by atoms with van der Waals surface area (Å²) in [5.41, 5.74) is 4.97. The highest BCUT2D eigenvalue weighted by molar-refractivity contribution is 5.93. The maximum Gasteiger partial charge on any atom is 0.225 e. The van der Waals surface area contributed by atoms with E-state index >= 15 is 0 Å². The minimum atomic E-state index is -0.350. The van der Waals surface area contributed by atoms with Gasteiger partial charge in [0.2, 0.25) is 5.91 Å². The molecule has 4 heteroatoms. The van der Waals surface area contributed by atoms with Crippen LogP contribution in [0.2, 0.25) is 0 Å². The van der Waals surface area contributed by atoms with Gasteiger partial charge >= 0.3 is 0 Å². The minimum Gasteiger partial charge on any atom is -0.457 e. The quantitative estimate of drug-likeness (QED) is 0.337. The van der Waals surface area contributed by atoms with Gasteiger partial charge in [0.15, 0.2) is 0 Å². The van der Waals surface area contributed by atoms with E-state index in [2.05, 4.69) is 56.4 Å². The van der Waals surface area contributed by atoms with Crippen LogP contribution in [0.3, 0.4) is 0 Å². The fourth-order valence-electron chi connectivity index (χ4n) is 6.25. The number of amides is 1. The second-order valence-corrected chi connectivity index (χ2v) is 12.2. The Morgan fingerprint density at radius 2 is 1.58 bits per heavy atom. The normalized spacial score (nSPS) is 16.7. The first kappa shape index (κ1) is 26.5. The molecule has 3 aromatic carbocycles. The molecule has 1 amide bonds. The van der Waals surface area contributed by atoms with Crippen LogP contribution in [-0.4, -0.2) is 17.1 Å². The fourth-order valence-corrected chi connectivity index (χ4v) is 6.25. The third-order valence-corrected chi connectivity index (χ3v) is 8.17. The van der Waals surface area contributed by atoms with E-state index in [4.69, 9.17) is 4.74 Å². The van der Waals surface area contributed by atoms with Crippen LogP contribution in [0.15, 0.2) is 66.7 Å². The molecule has 0 saturated heterocycles. The summed E-state index contributed by atoms with van der Waals surface area (Å²) in [6, 6.07) is 22.3. The molecular formula is C34H41NO3. The van der Waals surface area contributed by atoms with Crippen LogP contribution in [0, 0.1) is 5.92 Å². The molecule has 1 aliphatic carbocycles. The van der Waals surface area contributed by atoms with Gasteiger partial charge in [0.1, 0.15) is 11.5 Å². The van der Waals surface area contributed by atoms with Crippen molar-refractivity contribution in [2.75, 3.05) is 5.32 Å². The largest absolute Gasteiger partial charge is 0.457 e. The lowest BCUT2D eigenvalue weighted by atomic mass is 9.83. The highest BCUT2D eigenvalue weighted by Gasteiger charge is 2.29. The third-order valence-electron chi connectivity index (χ3n) is 8.17. The Bertz CT molecular complexity index is 1220. The molecule has 4 nitrogen and oxygen atoms in total. The lowest BCUT2D eigenvalue weighted by Crippen LogP contribution is -2.22. The summed E-state index contributed by atoms with van der Waals surface area (Å²) in [5, 5.41) is 14.1. The van der Waals surface area contributed by atoms with E-state index in [0.29, 0.717) is 18.8 Å². The second kappa shape index (κ2) is 11.3.